The SMILES string of the molecule is C/C=C(\C)C(=O)O[C@H]1C[C@H]2[C@](C)(C3=CC[C@@H](c4ccoc4)[C@]31C)[C@H](O)[C@@H]1OC[C@]3(C)C=CC(=O)[C@@]2(C)[C@@H]13. The molecule has 6 nitrogen and oxygen atoms in total. The highest BCUT2D eigenvalue weighted by atomic mass is 16.5. The number of rotatable bonds is 3. The van der Waals surface area contributed by atoms with Crippen molar-refractivity contribution in [3.63, 3.8) is 0 Å². The van der Waals surface area contributed by atoms with Gasteiger partial charge in [0.25, 0.3) is 0 Å². The molecule has 1 aromatic rings. The lowest BCUT2D eigenvalue weighted by Crippen LogP contribution is -2.71. The van der Waals surface area contributed by atoms with Crippen LogP contribution in [0, 0.1) is 33.5 Å². The number of fused-ring (bicyclic) bond motifs is 4. The van der Waals surface area contributed by atoms with Crippen molar-refractivity contribution in [2.45, 2.75) is 78.6 Å². The van der Waals surface area contributed by atoms with Gasteiger partial charge in [0.1, 0.15) is 6.10 Å². The summed E-state index contributed by atoms with van der Waals surface area (Å²) < 4.78 is 18.2. The van der Waals surface area contributed by atoms with Crippen molar-refractivity contribution in [2.75, 3.05) is 6.61 Å². The molecular formula is C31H38O6. The summed E-state index contributed by atoms with van der Waals surface area (Å²) in [5.74, 6) is -0.594. The van der Waals surface area contributed by atoms with Crippen molar-refractivity contribution < 1.29 is 28.6 Å². The number of ether oxygens (including phenoxy) is 2. The Balaban J connectivity index is 1.54. The fourth-order valence-corrected chi connectivity index (χ4v) is 9.29. The van der Waals surface area contributed by atoms with Gasteiger partial charge in [0.15, 0.2) is 5.78 Å². The van der Waals surface area contributed by atoms with Crippen LogP contribution in [-0.2, 0) is 19.1 Å². The average molecular weight is 507 g/mol. The van der Waals surface area contributed by atoms with Gasteiger partial charge < -0.3 is 19.0 Å². The standard InChI is InChI=1S/C31H38O6/c1-7-17(2)27(34)37-23-14-21-30(5,20-9-8-19(29(20,23)4)18-11-13-35-15-18)26(33)24-25-28(3,16-36-24)12-10-22(32)31(21,25)6/h7,9-13,15,19,21,23-26,33H,8,14,16H2,1-6H3/b17-7+/t19-,21-,23-,24+,25-,26+,28-,29+,30-,31-/m0/s1. The third-order valence-corrected chi connectivity index (χ3v) is 11.3. The largest absolute Gasteiger partial charge is 0.472 e. The van der Waals surface area contributed by atoms with Gasteiger partial charge in [0.2, 0.25) is 0 Å². The molecule has 10 atom stereocenters. The molecule has 3 fully saturated rings. The van der Waals surface area contributed by atoms with Crippen LogP contribution < -0.4 is 0 Å². The fourth-order valence-electron chi connectivity index (χ4n) is 9.29. The van der Waals surface area contributed by atoms with Crippen LogP contribution in [0.25, 0.3) is 0 Å². The van der Waals surface area contributed by atoms with Crippen LogP contribution in [0.4, 0.5) is 0 Å². The second-order valence-electron chi connectivity index (χ2n) is 12.9. The number of hydrogen-bond donors (Lipinski definition) is 1. The molecular weight excluding hydrogens is 468 g/mol. The van der Waals surface area contributed by atoms with Gasteiger partial charge in [-0.2, -0.15) is 0 Å². The first-order valence-corrected chi connectivity index (χ1v) is 13.5. The summed E-state index contributed by atoms with van der Waals surface area (Å²) in [5.41, 5.74) is 0.318. The molecule has 6 rings (SSSR count). The third-order valence-electron chi connectivity index (χ3n) is 11.3. The van der Waals surface area contributed by atoms with Crippen molar-refractivity contribution in [3.05, 3.63) is 59.6 Å². The van der Waals surface area contributed by atoms with E-state index in [0.717, 1.165) is 17.6 Å². The Morgan fingerprint density at radius 3 is 2.62 bits per heavy atom. The molecule has 2 heterocycles. The topological polar surface area (TPSA) is 86.0 Å². The quantitative estimate of drug-likeness (QED) is 0.347. The maximum atomic E-state index is 13.8. The lowest BCUT2D eigenvalue weighted by molar-refractivity contribution is -0.215. The molecule has 1 aromatic heterocycles. The van der Waals surface area contributed by atoms with E-state index in [1.54, 1.807) is 31.6 Å². The molecule has 1 saturated heterocycles. The molecule has 4 aliphatic carbocycles. The van der Waals surface area contributed by atoms with Gasteiger partial charge in [0, 0.05) is 39.1 Å². The average Bonchev–Trinajstić information content (AvgIpc) is 3.60. The van der Waals surface area contributed by atoms with Crippen LogP contribution in [0.1, 0.15) is 65.9 Å². The number of hydrogen-bond acceptors (Lipinski definition) is 6. The Labute approximate surface area is 218 Å². The molecule has 0 unspecified atom stereocenters. The Morgan fingerprint density at radius 1 is 1.19 bits per heavy atom. The van der Waals surface area contributed by atoms with Gasteiger partial charge in [-0.15, -0.1) is 0 Å². The summed E-state index contributed by atoms with van der Waals surface area (Å²) in [6.45, 7) is 12.6. The van der Waals surface area contributed by atoms with Crippen LogP contribution in [0.2, 0.25) is 0 Å². The number of carbonyl (C=O) groups is 2. The number of ketones is 1. The Kier molecular flexibility index (Phi) is 5.24. The van der Waals surface area contributed by atoms with Crippen LogP contribution >= 0.6 is 0 Å². The van der Waals surface area contributed by atoms with E-state index in [0.29, 0.717) is 18.6 Å². The highest BCUT2D eigenvalue weighted by molar-refractivity contribution is 5.97. The van der Waals surface area contributed by atoms with Crippen molar-refractivity contribution >= 4 is 11.8 Å². The molecule has 6 heteroatoms. The zero-order valence-electron chi connectivity index (χ0n) is 22.6. The highest BCUT2D eigenvalue weighted by Crippen LogP contribution is 2.74. The molecule has 198 valence electrons. The normalized spacial score (nSPS) is 48.2. The monoisotopic (exact) mass is 506 g/mol. The van der Waals surface area contributed by atoms with Crippen LogP contribution in [0.5, 0.6) is 0 Å². The van der Waals surface area contributed by atoms with Crippen LogP contribution in [-0.4, -0.2) is 41.8 Å². The number of carbonyl (C=O) groups excluding carboxylic acids is 2. The maximum absolute atomic E-state index is 13.8. The fraction of sp³-hybridized carbons (Fsp3) is 0.613. The van der Waals surface area contributed by atoms with Crippen molar-refractivity contribution in [1.82, 2.24) is 0 Å². The summed E-state index contributed by atoms with van der Waals surface area (Å²) in [4.78, 5) is 27.0. The minimum Gasteiger partial charge on any atom is -0.472 e. The lowest BCUT2D eigenvalue weighted by atomic mass is 9.37. The van der Waals surface area contributed by atoms with E-state index in [1.807, 2.05) is 19.1 Å². The first-order chi connectivity index (χ1) is 17.4. The zero-order chi connectivity index (χ0) is 26.5. The van der Waals surface area contributed by atoms with Gasteiger partial charge >= 0.3 is 5.97 Å². The molecule has 0 bridgehead atoms. The number of furan rings is 1. The second kappa shape index (κ2) is 7.79. The van der Waals surface area contributed by atoms with Gasteiger partial charge in [0.05, 0.1) is 31.3 Å². The van der Waals surface area contributed by atoms with Crippen molar-refractivity contribution in [3.8, 4) is 0 Å². The van der Waals surface area contributed by atoms with E-state index in [2.05, 4.69) is 33.8 Å². The summed E-state index contributed by atoms with van der Waals surface area (Å²) >= 11 is 0. The predicted octanol–water partition coefficient (Wildman–Crippen LogP) is 5.14. The molecule has 1 aliphatic heterocycles. The number of aliphatic hydroxyl groups is 1. The van der Waals surface area contributed by atoms with E-state index in [1.165, 1.54) is 0 Å². The molecule has 1 N–H and O–H groups in total. The maximum Gasteiger partial charge on any atom is 0.333 e. The summed E-state index contributed by atoms with van der Waals surface area (Å²) in [6.07, 6.45) is 10.7. The zero-order valence-corrected chi connectivity index (χ0v) is 22.6. The third kappa shape index (κ3) is 2.89. The van der Waals surface area contributed by atoms with E-state index >= 15 is 0 Å². The first kappa shape index (κ1) is 24.9. The number of aliphatic hydroxyl groups excluding tert-OH is 1. The number of esters is 1. The van der Waals surface area contributed by atoms with Gasteiger partial charge in [-0.3, -0.25) is 4.79 Å². The van der Waals surface area contributed by atoms with E-state index in [-0.39, 0.29) is 34.9 Å². The molecule has 37 heavy (non-hydrogen) atoms. The van der Waals surface area contributed by atoms with E-state index < -0.39 is 34.6 Å². The lowest BCUT2D eigenvalue weighted by Gasteiger charge is -2.66. The van der Waals surface area contributed by atoms with E-state index in [9.17, 15) is 14.7 Å². The minimum absolute atomic E-state index is 0.0252. The summed E-state index contributed by atoms with van der Waals surface area (Å²) in [6, 6.07) is 1.98. The highest BCUT2D eigenvalue weighted by Gasteiger charge is 2.76. The Morgan fingerprint density at radius 2 is 1.95 bits per heavy atom. The second-order valence-corrected chi connectivity index (χ2v) is 12.9. The van der Waals surface area contributed by atoms with Crippen molar-refractivity contribution in [2.24, 2.45) is 33.5 Å². The molecule has 0 radical (unpaired) electrons. The summed E-state index contributed by atoms with van der Waals surface area (Å²) in [5, 5.41) is 12.1. The van der Waals surface area contributed by atoms with Crippen molar-refractivity contribution in [1.29, 1.82) is 0 Å². The predicted molar refractivity (Wildman–Crippen MR) is 137 cm³/mol. The van der Waals surface area contributed by atoms with E-state index in [4.69, 9.17) is 13.9 Å². The Bertz CT molecular complexity index is 1240. The minimum atomic E-state index is -0.778. The molecule has 5 aliphatic rings. The first-order valence-electron chi connectivity index (χ1n) is 13.5. The molecule has 2 saturated carbocycles. The summed E-state index contributed by atoms with van der Waals surface area (Å²) in [7, 11) is 0. The van der Waals surface area contributed by atoms with Crippen LogP contribution in [0.3, 0.4) is 0 Å². The smallest absolute Gasteiger partial charge is 0.333 e. The van der Waals surface area contributed by atoms with Crippen LogP contribution in [0.15, 0.2) is 58.5 Å². The number of allylic oxidation sites excluding steroid dienone is 3. The molecule has 0 amide bonds. The van der Waals surface area contributed by atoms with Gasteiger partial charge in [-0.25, -0.2) is 4.79 Å². The molecule has 0 aromatic carbocycles. The van der Waals surface area contributed by atoms with Gasteiger partial charge in [-0.05, 0) is 50.3 Å². The Hall–Kier alpha value is -2.44. The molecule has 0 spiro atoms. The van der Waals surface area contributed by atoms with Gasteiger partial charge in [-0.1, -0.05) is 51.5 Å².